The van der Waals surface area contributed by atoms with Crippen LogP contribution in [0.25, 0.3) is 0 Å². The molecule has 0 saturated heterocycles. The van der Waals surface area contributed by atoms with Crippen LogP contribution in [-0.4, -0.2) is 56.9 Å². The maximum atomic E-state index is 11.3. The molecular weight excluding hydrogens is 278 g/mol. The van der Waals surface area contributed by atoms with Crippen LogP contribution in [0.15, 0.2) is 0 Å². The third kappa shape index (κ3) is 7.02. The molecule has 0 aromatic heterocycles. The Hall–Kier alpha value is -0.170. The van der Waals surface area contributed by atoms with Crippen molar-refractivity contribution >= 4 is 9.84 Å². The molecular formula is C14H29NO4S. The van der Waals surface area contributed by atoms with Gasteiger partial charge in [0.05, 0.1) is 24.6 Å². The van der Waals surface area contributed by atoms with E-state index in [1.165, 1.54) is 19.3 Å². The van der Waals surface area contributed by atoms with Crippen molar-refractivity contribution in [2.45, 2.75) is 51.7 Å². The number of nitrogens with one attached hydrogen (secondary N) is 1. The van der Waals surface area contributed by atoms with E-state index in [-0.39, 0.29) is 17.6 Å². The summed E-state index contributed by atoms with van der Waals surface area (Å²) in [6.45, 7) is 4.92. The smallest absolute Gasteiger partial charge is 0.151 e. The first-order chi connectivity index (χ1) is 9.44. The molecule has 0 heterocycles. The van der Waals surface area contributed by atoms with Crippen molar-refractivity contribution < 1.29 is 18.3 Å². The normalized spacial score (nSPS) is 25.6. The predicted octanol–water partition coefficient (Wildman–Crippen LogP) is 0.967. The Balaban J connectivity index is 2.09. The molecule has 1 aliphatic carbocycles. The Kier molecular flexibility index (Phi) is 8.02. The minimum Gasteiger partial charge on any atom is -0.389 e. The van der Waals surface area contributed by atoms with Crippen molar-refractivity contribution in [1.29, 1.82) is 0 Å². The van der Waals surface area contributed by atoms with E-state index in [9.17, 15) is 13.5 Å². The van der Waals surface area contributed by atoms with Crippen molar-refractivity contribution in [1.82, 2.24) is 5.32 Å². The van der Waals surface area contributed by atoms with Crippen LogP contribution in [-0.2, 0) is 14.6 Å². The summed E-state index contributed by atoms with van der Waals surface area (Å²) >= 11 is 0. The fourth-order valence-electron chi connectivity index (χ4n) is 2.46. The quantitative estimate of drug-likeness (QED) is 0.621. The maximum Gasteiger partial charge on any atom is 0.151 e. The summed E-state index contributed by atoms with van der Waals surface area (Å²) in [6, 6.07) is 0. The number of hydrogen-bond donors (Lipinski definition) is 2. The molecule has 0 aromatic carbocycles. The van der Waals surface area contributed by atoms with Crippen LogP contribution in [0.1, 0.15) is 39.5 Å². The molecule has 3 atom stereocenters. The molecule has 6 heteroatoms. The van der Waals surface area contributed by atoms with Crippen LogP contribution in [0.3, 0.4) is 0 Å². The third-order valence-electron chi connectivity index (χ3n) is 3.95. The first-order valence-corrected chi connectivity index (χ1v) is 9.47. The Morgan fingerprint density at radius 3 is 2.70 bits per heavy atom. The lowest BCUT2D eigenvalue weighted by Gasteiger charge is -2.29. The first kappa shape index (κ1) is 17.9. The molecule has 1 aliphatic rings. The highest BCUT2D eigenvalue weighted by molar-refractivity contribution is 7.91. The van der Waals surface area contributed by atoms with E-state index in [0.29, 0.717) is 25.6 Å². The molecule has 0 spiro atoms. The lowest BCUT2D eigenvalue weighted by Crippen LogP contribution is -2.36. The largest absolute Gasteiger partial charge is 0.389 e. The molecule has 2 N–H and O–H groups in total. The molecule has 5 nitrogen and oxygen atoms in total. The van der Waals surface area contributed by atoms with Gasteiger partial charge in [-0.2, -0.15) is 0 Å². The number of sulfone groups is 1. The van der Waals surface area contributed by atoms with E-state index in [1.54, 1.807) is 6.92 Å². The summed E-state index contributed by atoms with van der Waals surface area (Å²) in [4.78, 5) is 0. The van der Waals surface area contributed by atoms with E-state index >= 15 is 0 Å². The minimum atomic E-state index is -2.93. The lowest BCUT2D eigenvalue weighted by molar-refractivity contribution is -0.0450. The van der Waals surface area contributed by atoms with E-state index in [2.05, 4.69) is 12.2 Å². The van der Waals surface area contributed by atoms with Crippen molar-refractivity contribution in [3.63, 3.8) is 0 Å². The fourth-order valence-corrected chi connectivity index (χ4v) is 3.21. The van der Waals surface area contributed by atoms with Crippen LogP contribution in [0.4, 0.5) is 0 Å². The van der Waals surface area contributed by atoms with E-state index < -0.39 is 15.9 Å². The average Bonchev–Trinajstić information content (AvgIpc) is 2.43. The van der Waals surface area contributed by atoms with Crippen LogP contribution >= 0.6 is 0 Å². The molecule has 1 saturated carbocycles. The number of hydrogen-bond acceptors (Lipinski definition) is 5. The highest BCUT2D eigenvalue weighted by atomic mass is 32.2. The highest BCUT2D eigenvalue weighted by Gasteiger charge is 2.22. The summed E-state index contributed by atoms with van der Waals surface area (Å²) in [7, 11) is -2.93. The fraction of sp³-hybridized carbons (Fsp3) is 1.00. The molecule has 1 fully saturated rings. The van der Waals surface area contributed by atoms with Gasteiger partial charge in [0.1, 0.15) is 0 Å². The summed E-state index contributed by atoms with van der Waals surface area (Å²) < 4.78 is 28.3. The van der Waals surface area contributed by atoms with Gasteiger partial charge in [0.15, 0.2) is 9.84 Å². The Bertz CT molecular complexity index is 358. The summed E-state index contributed by atoms with van der Waals surface area (Å²) in [6.07, 6.45) is 4.45. The number of aliphatic hydroxyl groups is 1. The van der Waals surface area contributed by atoms with Gasteiger partial charge >= 0.3 is 0 Å². The SMILES string of the molecule is CCS(=O)(=O)CCNCC(O)COC1CCCCC1C. The second kappa shape index (κ2) is 8.97. The van der Waals surface area contributed by atoms with Crippen LogP contribution in [0, 0.1) is 5.92 Å². The second-order valence-corrected chi connectivity index (χ2v) is 8.20. The van der Waals surface area contributed by atoms with E-state index in [0.717, 1.165) is 6.42 Å². The first-order valence-electron chi connectivity index (χ1n) is 7.65. The zero-order chi connectivity index (χ0) is 15.0. The number of rotatable bonds is 9. The second-order valence-electron chi connectivity index (χ2n) is 5.73. The monoisotopic (exact) mass is 307 g/mol. The van der Waals surface area contributed by atoms with Gasteiger partial charge in [-0.1, -0.05) is 26.7 Å². The zero-order valence-corrected chi connectivity index (χ0v) is 13.5. The third-order valence-corrected chi connectivity index (χ3v) is 5.65. The molecule has 0 aliphatic heterocycles. The van der Waals surface area contributed by atoms with Gasteiger partial charge in [-0.25, -0.2) is 8.42 Å². The lowest BCUT2D eigenvalue weighted by atomic mass is 9.88. The summed E-state index contributed by atoms with van der Waals surface area (Å²) in [5, 5.41) is 12.8. The maximum absolute atomic E-state index is 11.3. The van der Waals surface area contributed by atoms with Gasteiger partial charge in [0, 0.05) is 18.8 Å². The molecule has 0 aromatic rings. The predicted molar refractivity (Wildman–Crippen MR) is 80.6 cm³/mol. The average molecular weight is 307 g/mol. The van der Waals surface area contributed by atoms with Crippen molar-refractivity contribution in [2.24, 2.45) is 5.92 Å². The highest BCUT2D eigenvalue weighted by Crippen LogP contribution is 2.26. The molecule has 120 valence electrons. The molecule has 1 rings (SSSR count). The van der Waals surface area contributed by atoms with Gasteiger partial charge in [-0.3, -0.25) is 0 Å². The summed E-state index contributed by atoms with van der Waals surface area (Å²) in [5.41, 5.74) is 0. The Morgan fingerprint density at radius 1 is 1.35 bits per heavy atom. The van der Waals surface area contributed by atoms with Crippen molar-refractivity contribution in [3.8, 4) is 0 Å². The van der Waals surface area contributed by atoms with Gasteiger partial charge in [0.25, 0.3) is 0 Å². The Morgan fingerprint density at radius 2 is 2.05 bits per heavy atom. The van der Waals surface area contributed by atoms with Gasteiger partial charge in [-0.15, -0.1) is 0 Å². The topological polar surface area (TPSA) is 75.6 Å². The molecule has 3 unspecified atom stereocenters. The van der Waals surface area contributed by atoms with E-state index in [1.807, 2.05) is 0 Å². The molecule has 0 radical (unpaired) electrons. The van der Waals surface area contributed by atoms with E-state index in [4.69, 9.17) is 4.74 Å². The molecule has 20 heavy (non-hydrogen) atoms. The molecule has 0 bridgehead atoms. The minimum absolute atomic E-state index is 0.122. The summed E-state index contributed by atoms with van der Waals surface area (Å²) in [5.74, 6) is 0.856. The van der Waals surface area contributed by atoms with Gasteiger partial charge in [0.2, 0.25) is 0 Å². The van der Waals surface area contributed by atoms with Crippen LogP contribution in [0.2, 0.25) is 0 Å². The van der Waals surface area contributed by atoms with Crippen LogP contribution < -0.4 is 5.32 Å². The van der Waals surface area contributed by atoms with Crippen LogP contribution in [0.5, 0.6) is 0 Å². The van der Waals surface area contributed by atoms with Crippen molar-refractivity contribution in [2.75, 3.05) is 31.2 Å². The standard InChI is InChI=1S/C14H29NO4S/c1-3-20(17,18)9-8-15-10-13(16)11-19-14-7-5-4-6-12(14)2/h12-16H,3-11H2,1-2H3. The number of aliphatic hydroxyl groups excluding tert-OH is 1. The van der Waals surface area contributed by atoms with Gasteiger partial charge in [-0.05, 0) is 18.8 Å². The van der Waals surface area contributed by atoms with Crippen molar-refractivity contribution in [3.05, 3.63) is 0 Å². The number of ether oxygens (including phenoxy) is 1. The molecule has 0 amide bonds. The van der Waals surface area contributed by atoms with Gasteiger partial charge < -0.3 is 15.2 Å². The Labute approximate surface area is 123 Å². The zero-order valence-electron chi connectivity index (χ0n) is 12.7.